The maximum Gasteiger partial charge on any atom is 0.0991 e. The summed E-state index contributed by atoms with van der Waals surface area (Å²) in [6.07, 6.45) is 3.38. The smallest absolute Gasteiger partial charge is 0.0991 e. The minimum atomic E-state index is 0.572. The highest BCUT2D eigenvalue weighted by Gasteiger charge is 1.96. The molecule has 1 heteroatoms. The second-order valence-corrected chi connectivity index (χ2v) is 3.90. The predicted molar refractivity (Wildman–Crippen MR) is 75.7 cm³/mol. The predicted octanol–water partition coefficient (Wildman–Crippen LogP) is 4.45. The summed E-state index contributed by atoms with van der Waals surface area (Å²) in [5.74, 6) is 0. The van der Waals surface area contributed by atoms with Crippen LogP contribution in [0.4, 0.5) is 0 Å². The maximum absolute atomic E-state index is 8.83. The molecule has 0 fully saturated rings. The van der Waals surface area contributed by atoms with Gasteiger partial charge in [0, 0.05) is 0 Å². The molecule has 0 aliphatic rings. The summed E-state index contributed by atoms with van der Waals surface area (Å²) in [6.45, 7) is 3.60. The lowest BCUT2D eigenvalue weighted by Gasteiger charge is -2.01. The van der Waals surface area contributed by atoms with Crippen molar-refractivity contribution in [3.05, 3.63) is 78.4 Å². The molecule has 0 saturated carbocycles. The number of hydrogen-bond donors (Lipinski definition) is 0. The summed E-state index contributed by atoms with van der Waals surface area (Å²) in [5, 5.41) is 8.83. The Morgan fingerprint density at radius 3 is 2.11 bits per heavy atom. The molecule has 0 aliphatic carbocycles. The molecular weight excluding hydrogens is 218 g/mol. The highest BCUT2D eigenvalue weighted by molar-refractivity contribution is 5.67. The second kappa shape index (κ2) is 5.65. The minimum absolute atomic E-state index is 0.572. The molecule has 0 aliphatic heterocycles. The standard InChI is InChI=1S/C17H13N/c1-2-14(13-18)12-15-8-10-17(11-9-15)16-6-4-3-5-7-16/h2-12H,1H2/b14-12-. The lowest BCUT2D eigenvalue weighted by atomic mass is 10.0. The first kappa shape index (κ1) is 11.9. The van der Waals surface area contributed by atoms with Crippen LogP contribution in [0.15, 0.2) is 72.8 Å². The van der Waals surface area contributed by atoms with Gasteiger partial charge in [0.1, 0.15) is 0 Å². The Kier molecular flexibility index (Phi) is 3.73. The topological polar surface area (TPSA) is 23.8 Å². The van der Waals surface area contributed by atoms with E-state index in [-0.39, 0.29) is 0 Å². The zero-order valence-corrected chi connectivity index (χ0v) is 10.0. The van der Waals surface area contributed by atoms with E-state index in [4.69, 9.17) is 5.26 Å². The van der Waals surface area contributed by atoms with Crippen LogP contribution in [0.3, 0.4) is 0 Å². The number of nitriles is 1. The molecule has 0 N–H and O–H groups in total. The van der Waals surface area contributed by atoms with Crippen LogP contribution in [0, 0.1) is 11.3 Å². The number of nitrogens with zero attached hydrogens (tertiary/aromatic N) is 1. The van der Waals surface area contributed by atoms with E-state index in [1.807, 2.05) is 36.4 Å². The van der Waals surface area contributed by atoms with Gasteiger partial charge in [-0.25, -0.2) is 0 Å². The first-order chi connectivity index (χ1) is 8.83. The molecule has 86 valence electrons. The summed E-state index contributed by atoms with van der Waals surface area (Å²) in [7, 11) is 0. The molecule has 1 nitrogen and oxygen atoms in total. The van der Waals surface area contributed by atoms with Gasteiger partial charge >= 0.3 is 0 Å². The Bertz CT molecular complexity index is 598. The van der Waals surface area contributed by atoms with Gasteiger partial charge in [-0.2, -0.15) is 5.26 Å². The summed E-state index contributed by atoms with van der Waals surface area (Å²) in [4.78, 5) is 0. The van der Waals surface area contributed by atoms with Gasteiger partial charge in [0.25, 0.3) is 0 Å². The van der Waals surface area contributed by atoms with Crippen LogP contribution < -0.4 is 0 Å². The average molecular weight is 231 g/mol. The van der Waals surface area contributed by atoms with Crippen molar-refractivity contribution in [3.8, 4) is 17.2 Å². The number of rotatable bonds is 3. The number of benzene rings is 2. The molecule has 0 saturated heterocycles. The molecule has 0 radical (unpaired) electrons. The fraction of sp³-hybridized carbons (Fsp3) is 0. The molecule has 0 bridgehead atoms. The molecule has 0 atom stereocenters. The molecule has 2 aromatic carbocycles. The fourth-order valence-electron chi connectivity index (χ4n) is 1.72. The summed E-state index contributed by atoms with van der Waals surface area (Å²) < 4.78 is 0. The highest BCUT2D eigenvalue weighted by Crippen LogP contribution is 2.20. The van der Waals surface area contributed by atoms with E-state index in [0.717, 1.165) is 5.56 Å². The van der Waals surface area contributed by atoms with Crippen molar-refractivity contribution in [1.29, 1.82) is 5.26 Å². The fourth-order valence-corrected chi connectivity index (χ4v) is 1.72. The lowest BCUT2D eigenvalue weighted by Crippen LogP contribution is -1.79. The Hall–Kier alpha value is -2.59. The molecule has 0 unspecified atom stereocenters. The zero-order chi connectivity index (χ0) is 12.8. The second-order valence-electron chi connectivity index (χ2n) is 3.90. The van der Waals surface area contributed by atoms with Gasteiger partial charge in [-0.1, -0.05) is 67.3 Å². The van der Waals surface area contributed by atoms with Crippen molar-refractivity contribution in [2.24, 2.45) is 0 Å². The van der Waals surface area contributed by atoms with Crippen LogP contribution in [-0.2, 0) is 0 Å². The van der Waals surface area contributed by atoms with Crippen LogP contribution in [0.2, 0.25) is 0 Å². The van der Waals surface area contributed by atoms with E-state index < -0.39 is 0 Å². The van der Waals surface area contributed by atoms with Crippen LogP contribution in [0.25, 0.3) is 17.2 Å². The van der Waals surface area contributed by atoms with Gasteiger partial charge in [0.15, 0.2) is 0 Å². The molecule has 0 aromatic heterocycles. The molecule has 0 spiro atoms. The summed E-state index contributed by atoms with van der Waals surface area (Å²) >= 11 is 0. The van der Waals surface area contributed by atoms with Gasteiger partial charge in [0.05, 0.1) is 11.6 Å². The monoisotopic (exact) mass is 231 g/mol. The number of hydrogen-bond acceptors (Lipinski definition) is 1. The average Bonchev–Trinajstić information content (AvgIpc) is 2.46. The Morgan fingerprint density at radius 2 is 1.56 bits per heavy atom. The zero-order valence-electron chi connectivity index (χ0n) is 10.0. The van der Waals surface area contributed by atoms with E-state index in [1.54, 1.807) is 6.08 Å². The molecule has 0 amide bonds. The van der Waals surface area contributed by atoms with Crippen LogP contribution in [0.5, 0.6) is 0 Å². The normalized spacial score (nSPS) is 10.7. The van der Waals surface area contributed by atoms with Crippen molar-refractivity contribution in [1.82, 2.24) is 0 Å². The molecule has 2 rings (SSSR count). The van der Waals surface area contributed by atoms with Crippen LogP contribution in [-0.4, -0.2) is 0 Å². The Morgan fingerprint density at radius 1 is 0.944 bits per heavy atom. The maximum atomic E-state index is 8.83. The first-order valence-electron chi connectivity index (χ1n) is 5.73. The van der Waals surface area contributed by atoms with E-state index in [9.17, 15) is 0 Å². The minimum Gasteiger partial charge on any atom is -0.192 e. The summed E-state index contributed by atoms with van der Waals surface area (Å²) in [6, 6.07) is 20.4. The van der Waals surface area contributed by atoms with Gasteiger partial charge in [-0.3, -0.25) is 0 Å². The Labute approximate surface area is 107 Å². The van der Waals surface area contributed by atoms with Crippen molar-refractivity contribution >= 4 is 6.08 Å². The van der Waals surface area contributed by atoms with E-state index >= 15 is 0 Å². The first-order valence-corrected chi connectivity index (χ1v) is 5.73. The Balaban J connectivity index is 2.29. The molecule has 2 aromatic rings. The van der Waals surface area contributed by atoms with E-state index in [2.05, 4.69) is 36.9 Å². The largest absolute Gasteiger partial charge is 0.192 e. The van der Waals surface area contributed by atoms with Gasteiger partial charge in [0.2, 0.25) is 0 Å². The highest BCUT2D eigenvalue weighted by atomic mass is 14.2. The molecule has 18 heavy (non-hydrogen) atoms. The molecular formula is C17H13N. The van der Waals surface area contributed by atoms with Crippen molar-refractivity contribution < 1.29 is 0 Å². The van der Waals surface area contributed by atoms with Crippen molar-refractivity contribution in [3.63, 3.8) is 0 Å². The third kappa shape index (κ3) is 2.75. The SMILES string of the molecule is C=C/C(C#N)=C/c1ccc(-c2ccccc2)cc1. The van der Waals surface area contributed by atoms with Crippen molar-refractivity contribution in [2.75, 3.05) is 0 Å². The van der Waals surface area contributed by atoms with Gasteiger partial charge in [-0.15, -0.1) is 0 Å². The number of allylic oxidation sites excluding steroid dienone is 2. The third-order valence-corrected chi connectivity index (χ3v) is 2.69. The molecule has 0 heterocycles. The quantitative estimate of drug-likeness (QED) is 0.565. The van der Waals surface area contributed by atoms with Gasteiger partial charge < -0.3 is 0 Å². The summed E-state index contributed by atoms with van der Waals surface area (Å²) in [5.41, 5.74) is 3.94. The van der Waals surface area contributed by atoms with Crippen LogP contribution >= 0.6 is 0 Å². The lowest BCUT2D eigenvalue weighted by molar-refractivity contribution is 1.50. The van der Waals surface area contributed by atoms with Gasteiger partial charge in [-0.05, 0) is 22.8 Å². The van der Waals surface area contributed by atoms with Crippen LogP contribution in [0.1, 0.15) is 5.56 Å². The van der Waals surface area contributed by atoms with Crippen molar-refractivity contribution in [2.45, 2.75) is 0 Å². The van der Waals surface area contributed by atoms with E-state index in [0.29, 0.717) is 5.57 Å². The van der Waals surface area contributed by atoms with E-state index in [1.165, 1.54) is 11.1 Å². The third-order valence-electron chi connectivity index (χ3n) is 2.69.